The molecule has 0 rings (SSSR count). The number of carbonyl (C=O) groups excluding carboxylic acids is 5. The summed E-state index contributed by atoms with van der Waals surface area (Å²) < 4.78 is 0. The Bertz CT molecular complexity index is 827. The van der Waals surface area contributed by atoms with Gasteiger partial charge in [-0.2, -0.15) is 0 Å². The highest BCUT2D eigenvalue weighted by molar-refractivity contribution is 5.84. The largest absolute Gasteiger partial charge is 0.353 e. The van der Waals surface area contributed by atoms with Crippen LogP contribution < -0.4 is 37.2 Å². The summed E-state index contributed by atoms with van der Waals surface area (Å²) in [6.45, 7) is 5.58. The van der Waals surface area contributed by atoms with Gasteiger partial charge in [-0.3, -0.25) is 24.0 Å². The van der Waals surface area contributed by atoms with Crippen molar-refractivity contribution in [2.45, 2.75) is 128 Å². The zero-order chi connectivity index (χ0) is 33.2. The zero-order valence-corrected chi connectivity index (χ0v) is 28.4. The van der Waals surface area contributed by atoms with Gasteiger partial charge in [-0.15, -0.1) is 0 Å². The Morgan fingerprint density at radius 3 is 1.14 bits per heavy atom. The first-order chi connectivity index (χ1) is 21.0. The molecule has 0 aromatic rings. The second-order valence-electron chi connectivity index (χ2n) is 12.0. The van der Waals surface area contributed by atoms with Gasteiger partial charge in [-0.25, -0.2) is 0 Å². The third kappa shape index (κ3) is 24.0. The Kier molecular flexibility index (Phi) is 25.5. The van der Waals surface area contributed by atoms with Crippen LogP contribution in [0.2, 0.25) is 0 Å². The third-order valence-electron chi connectivity index (χ3n) is 7.55. The molecule has 0 aromatic carbocycles. The van der Waals surface area contributed by atoms with Gasteiger partial charge < -0.3 is 37.2 Å². The van der Waals surface area contributed by atoms with Crippen molar-refractivity contribution in [2.75, 3.05) is 47.8 Å². The van der Waals surface area contributed by atoms with Crippen LogP contribution >= 0.6 is 0 Å². The number of carbonyl (C=O) groups is 5. The summed E-state index contributed by atoms with van der Waals surface area (Å²) in [6, 6.07) is -1.26. The number of Topliss-reactive ketones (excluding diaryl/α,β-unsaturated/α-hetero) is 2. The van der Waals surface area contributed by atoms with E-state index in [0.717, 1.165) is 64.6 Å². The second-order valence-corrected chi connectivity index (χ2v) is 12.0. The molecule has 0 bridgehead atoms. The van der Waals surface area contributed by atoms with Gasteiger partial charge >= 0.3 is 0 Å². The lowest BCUT2D eigenvalue weighted by Crippen LogP contribution is -2.46. The maximum absolute atomic E-state index is 13.2. The number of amides is 3. The van der Waals surface area contributed by atoms with Crippen LogP contribution in [0.3, 0.4) is 0 Å². The zero-order valence-electron chi connectivity index (χ0n) is 28.4. The summed E-state index contributed by atoms with van der Waals surface area (Å²) in [5, 5.41) is 21.4. The van der Waals surface area contributed by atoms with Crippen LogP contribution in [0.5, 0.6) is 0 Å². The average Bonchev–Trinajstić information content (AvgIpc) is 2.94. The maximum atomic E-state index is 13.2. The van der Waals surface area contributed by atoms with E-state index in [4.69, 9.17) is 0 Å². The first-order valence-electron chi connectivity index (χ1n) is 16.5. The molecule has 3 amide bonds. The molecule has 0 heterocycles. The van der Waals surface area contributed by atoms with Crippen molar-refractivity contribution in [3.63, 3.8) is 0 Å². The van der Waals surface area contributed by atoms with Gasteiger partial charge in [0.2, 0.25) is 17.7 Å². The van der Waals surface area contributed by atoms with Gasteiger partial charge in [0.15, 0.2) is 0 Å². The molecule has 0 fully saturated rings. The molecule has 7 N–H and O–H groups in total. The van der Waals surface area contributed by atoms with Crippen LogP contribution in [0.25, 0.3) is 0 Å². The fraction of sp³-hybridized carbons (Fsp3) is 0.844. The summed E-state index contributed by atoms with van der Waals surface area (Å²) in [7, 11) is 7.55. The van der Waals surface area contributed by atoms with E-state index in [1.54, 1.807) is 0 Å². The minimum absolute atomic E-state index is 0.00450. The number of hydrogen-bond donors (Lipinski definition) is 7. The topological polar surface area (TPSA) is 170 Å². The van der Waals surface area contributed by atoms with E-state index in [9.17, 15) is 24.0 Å². The molecule has 0 radical (unpaired) electrons. The van der Waals surface area contributed by atoms with E-state index in [1.807, 2.05) is 28.2 Å². The second kappa shape index (κ2) is 26.9. The molecule has 0 aliphatic rings. The van der Waals surface area contributed by atoms with Crippen LogP contribution in [0.1, 0.15) is 104 Å². The molecule has 4 atom stereocenters. The average molecular weight is 626 g/mol. The number of ketones is 2. The fourth-order valence-electron chi connectivity index (χ4n) is 5.28. The molecule has 44 heavy (non-hydrogen) atoms. The van der Waals surface area contributed by atoms with Gasteiger partial charge in [0, 0.05) is 56.3 Å². The summed E-state index contributed by atoms with van der Waals surface area (Å²) >= 11 is 0. The van der Waals surface area contributed by atoms with Crippen molar-refractivity contribution in [1.82, 2.24) is 37.2 Å². The van der Waals surface area contributed by atoms with Crippen LogP contribution in [-0.4, -0.2) is 101 Å². The van der Waals surface area contributed by atoms with Crippen LogP contribution in [-0.2, 0) is 24.0 Å². The normalized spacial score (nSPS) is 13.9. The molecule has 0 aliphatic heterocycles. The first kappa shape index (κ1) is 41.6. The van der Waals surface area contributed by atoms with Gasteiger partial charge in [0.25, 0.3) is 0 Å². The first-order valence-corrected chi connectivity index (χ1v) is 16.5. The van der Waals surface area contributed by atoms with Crippen LogP contribution in [0, 0.1) is 0 Å². The Labute approximate surface area is 266 Å². The van der Waals surface area contributed by atoms with Crippen LogP contribution in [0.4, 0.5) is 0 Å². The molecule has 12 heteroatoms. The third-order valence-corrected chi connectivity index (χ3v) is 7.55. The molecule has 0 saturated heterocycles. The van der Waals surface area contributed by atoms with Gasteiger partial charge in [-0.05, 0) is 100 Å². The molecule has 0 aromatic heterocycles. The van der Waals surface area contributed by atoms with E-state index in [2.05, 4.69) is 37.2 Å². The number of hydrogen-bond acceptors (Lipinski definition) is 9. The predicted octanol–water partition coefficient (Wildman–Crippen LogP) is 1.33. The molecular formula is C32H63N7O5. The Morgan fingerprint density at radius 2 is 0.750 bits per heavy atom. The maximum Gasteiger partial charge on any atom is 0.222 e. The smallest absolute Gasteiger partial charge is 0.222 e. The standard InChI is InChI=1S/C32H63N7O5/c1-24(40)19-27(14-8-11-17-34-4)37-32(44)23-29(20-25(2)41)39-31(43)22-28(15-9-12-18-35-5)38-30(42)21-26(36-6)13-7-10-16-33-3/h26-29,33-36H,7-23H2,1-6H3,(H,37,44)(H,38,42)(H,39,43). The van der Waals surface area contributed by atoms with Crippen molar-refractivity contribution in [2.24, 2.45) is 0 Å². The highest BCUT2D eigenvalue weighted by atomic mass is 16.2. The number of rotatable bonds is 29. The molecule has 0 saturated carbocycles. The number of unbranched alkanes of at least 4 members (excludes halogenated alkanes) is 3. The molecule has 256 valence electrons. The van der Waals surface area contributed by atoms with E-state index in [0.29, 0.717) is 19.3 Å². The molecule has 0 spiro atoms. The summed E-state index contributed by atoms with van der Waals surface area (Å²) in [5.41, 5.74) is 0. The SMILES string of the molecule is CNCCCCC(CC(=O)NC(CCCCNC)CC(=O)NC(CC(C)=O)CC(=O)NC(CCCCNC)CC(C)=O)NC. The number of nitrogens with one attached hydrogen (secondary N) is 7. The van der Waals surface area contributed by atoms with E-state index >= 15 is 0 Å². The molecule has 0 aliphatic carbocycles. The molecular weight excluding hydrogens is 562 g/mol. The summed E-state index contributed by atoms with van der Waals surface area (Å²) in [5.74, 6) is -0.862. The van der Waals surface area contributed by atoms with Crippen molar-refractivity contribution in [3.05, 3.63) is 0 Å². The van der Waals surface area contributed by atoms with Crippen molar-refractivity contribution >= 4 is 29.3 Å². The Balaban J connectivity index is 5.26. The van der Waals surface area contributed by atoms with Crippen molar-refractivity contribution in [3.8, 4) is 0 Å². The van der Waals surface area contributed by atoms with E-state index in [1.165, 1.54) is 13.8 Å². The fourth-order valence-corrected chi connectivity index (χ4v) is 5.28. The predicted molar refractivity (Wildman–Crippen MR) is 176 cm³/mol. The van der Waals surface area contributed by atoms with E-state index in [-0.39, 0.29) is 73.1 Å². The van der Waals surface area contributed by atoms with E-state index < -0.39 is 6.04 Å². The highest BCUT2D eigenvalue weighted by Crippen LogP contribution is 2.11. The minimum atomic E-state index is -0.672. The Hall–Kier alpha value is -2.41. The lowest BCUT2D eigenvalue weighted by atomic mass is 10.0. The molecule has 12 nitrogen and oxygen atoms in total. The van der Waals surface area contributed by atoms with Crippen molar-refractivity contribution < 1.29 is 24.0 Å². The summed E-state index contributed by atoms with van der Waals surface area (Å²) in [4.78, 5) is 62.8. The molecule has 4 unspecified atom stereocenters. The van der Waals surface area contributed by atoms with Crippen LogP contribution in [0.15, 0.2) is 0 Å². The van der Waals surface area contributed by atoms with Gasteiger partial charge in [0.05, 0.1) is 0 Å². The van der Waals surface area contributed by atoms with Gasteiger partial charge in [-0.1, -0.05) is 19.3 Å². The van der Waals surface area contributed by atoms with Gasteiger partial charge in [0.1, 0.15) is 11.6 Å². The van der Waals surface area contributed by atoms with Crippen molar-refractivity contribution in [1.29, 1.82) is 0 Å². The highest BCUT2D eigenvalue weighted by Gasteiger charge is 2.24. The lowest BCUT2D eigenvalue weighted by molar-refractivity contribution is -0.125. The lowest BCUT2D eigenvalue weighted by Gasteiger charge is -2.24. The monoisotopic (exact) mass is 625 g/mol. The quantitative estimate of drug-likeness (QED) is 0.0606. The Morgan fingerprint density at radius 1 is 0.432 bits per heavy atom. The minimum Gasteiger partial charge on any atom is -0.353 e. The summed E-state index contributed by atoms with van der Waals surface area (Å²) in [6.07, 6.45) is 8.39.